The van der Waals surface area contributed by atoms with Crippen molar-refractivity contribution in [1.29, 1.82) is 0 Å². The summed E-state index contributed by atoms with van der Waals surface area (Å²) in [5.41, 5.74) is 1.75. The standard InChI is InChI=1S/C23H30N2O4S/c1-3-29-21-13-15-22(16-14-21)30(27,28)25(20-7-5-4-6-8-20)17-23(26)24-19-11-9-18(2)10-12-19/h9-16,20H,3-8,17H2,1-2H3,(H,24,26). The predicted molar refractivity (Wildman–Crippen MR) is 118 cm³/mol. The van der Waals surface area contributed by atoms with Gasteiger partial charge in [0, 0.05) is 11.7 Å². The van der Waals surface area contributed by atoms with Crippen molar-refractivity contribution in [3.8, 4) is 5.75 Å². The van der Waals surface area contributed by atoms with Gasteiger partial charge in [0.2, 0.25) is 15.9 Å². The number of benzene rings is 2. The van der Waals surface area contributed by atoms with Crippen molar-refractivity contribution in [1.82, 2.24) is 4.31 Å². The van der Waals surface area contributed by atoms with Crippen LogP contribution in [0.15, 0.2) is 53.4 Å². The molecule has 2 aromatic carbocycles. The van der Waals surface area contributed by atoms with Gasteiger partial charge in [0.25, 0.3) is 0 Å². The van der Waals surface area contributed by atoms with Gasteiger partial charge in [-0.2, -0.15) is 4.31 Å². The number of hydrogen-bond acceptors (Lipinski definition) is 4. The molecule has 1 amide bonds. The van der Waals surface area contributed by atoms with E-state index in [0.717, 1.165) is 37.7 Å². The van der Waals surface area contributed by atoms with Crippen LogP contribution < -0.4 is 10.1 Å². The van der Waals surface area contributed by atoms with Crippen LogP contribution >= 0.6 is 0 Å². The van der Waals surface area contributed by atoms with Gasteiger partial charge in [-0.05, 0) is 63.1 Å². The SMILES string of the molecule is CCOc1ccc(S(=O)(=O)N(CC(=O)Nc2ccc(C)cc2)C2CCCCC2)cc1. The Morgan fingerprint density at radius 1 is 1.03 bits per heavy atom. The number of hydrogen-bond donors (Lipinski definition) is 1. The van der Waals surface area contributed by atoms with Gasteiger partial charge in [-0.3, -0.25) is 4.79 Å². The van der Waals surface area contributed by atoms with Gasteiger partial charge < -0.3 is 10.1 Å². The van der Waals surface area contributed by atoms with E-state index in [1.807, 2.05) is 38.1 Å². The van der Waals surface area contributed by atoms with Crippen LogP contribution in [-0.4, -0.2) is 37.8 Å². The van der Waals surface area contributed by atoms with Gasteiger partial charge in [-0.25, -0.2) is 8.42 Å². The first-order chi connectivity index (χ1) is 14.4. The van der Waals surface area contributed by atoms with Crippen molar-refractivity contribution >= 4 is 21.6 Å². The molecular formula is C23H30N2O4S. The fraction of sp³-hybridized carbons (Fsp3) is 0.435. The topological polar surface area (TPSA) is 75.7 Å². The predicted octanol–water partition coefficient (Wildman–Crippen LogP) is 4.36. The molecule has 0 aliphatic heterocycles. The molecule has 3 rings (SSSR count). The van der Waals surface area contributed by atoms with E-state index in [9.17, 15) is 13.2 Å². The molecule has 1 fully saturated rings. The summed E-state index contributed by atoms with van der Waals surface area (Å²) in [5.74, 6) is 0.289. The van der Waals surface area contributed by atoms with Crippen molar-refractivity contribution < 1.29 is 17.9 Å². The Morgan fingerprint density at radius 2 is 1.67 bits per heavy atom. The summed E-state index contributed by atoms with van der Waals surface area (Å²) in [6.45, 7) is 4.16. The maximum absolute atomic E-state index is 13.4. The van der Waals surface area contributed by atoms with Gasteiger partial charge in [0.05, 0.1) is 18.0 Å². The summed E-state index contributed by atoms with van der Waals surface area (Å²) in [6.07, 6.45) is 4.59. The average molecular weight is 431 g/mol. The monoisotopic (exact) mass is 430 g/mol. The minimum Gasteiger partial charge on any atom is -0.494 e. The largest absolute Gasteiger partial charge is 0.494 e. The van der Waals surface area contributed by atoms with Crippen molar-refractivity contribution in [2.24, 2.45) is 0 Å². The summed E-state index contributed by atoms with van der Waals surface area (Å²) in [7, 11) is -3.81. The maximum atomic E-state index is 13.4. The summed E-state index contributed by atoms with van der Waals surface area (Å²) >= 11 is 0. The normalized spacial score (nSPS) is 15.2. The molecule has 0 aromatic heterocycles. The zero-order valence-corrected chi connectivity index (χ0v) is 18.5. The zero-order valence-electron chi connectivity index (χ0n) is 17.6. The second-order valence-electron chi connectivity index (χ2n) is 7.66. The molecule has 2 aromatic rings. The lowest BCUT2D eigenvalue weighted by Crippen LogP contribution is -2.45. The number of sulfonamides is 1. The number of carbonyl (C=O) groups is 1. The maximum Gasteiger partial charge on any atom is 0.243 e. The molecule has 7 heteroatoms. The van der Waals surface area contributed by atoms with E-state index in [1.54, 1.807) is 24.3 Å². The molecule has 0 heterocycles. The Hall–Kier alpha value is -2.38. The molecular weight excluding hydrogens is 400 g/mol. The van der Waals surface area contributed by atoms with Crippen LogP contribution in [0.25, 0.3) is 0 Å². The molecule has 1 aliphatic carbocycles. The van der Waals surface area contributed by atoms with Crippen molar-refractivity contribution in [3.63, 3.8) is 0 Å². The number of ether oxygens (including phenoxy) is 1. The molecule has 0 spiro atoms. The lowest BCUT2D eigenvalue weighted by Gasteiger charge is -2.33. The highest BCUT2D eigenvalue weighted by atomic mass is 32.2. The number of carbonyl (C=O) groups excluding carboxylic acids is 1. The number of nitrogens with one attached hydrogen (secondary N) is 1. The third-order valence-corrected chi connectivity index (χ3v) is 7.27. The number of aryl methyl sites for hydroxylation is 1. The summed E-state index contributed by atoms with van der Waals surface area (Å²) < 4.78 is 33.7. The first-order valence-electron chi connectivity index (χ1n) is 10.5. The smallest absolute Gasteiger partial charge is 0.243 e. The van der Waals surface area contributed by atoms with Crippen LogP contribution in [0, 0.1) is 6.92 Å². The van der Waals surface area contributed by atoms with Gasteiger partial charge in [0.15, 0.2) is 0 Å². The van der Waals surface area contributed by atoms with Gasteiger partial charge in [-0.15, -0.1) is 0 Å². The Labute approximate surface area is 179 Å². The van der Waals surface area contributed by atoms with E-state index in [2.05, 4.69) is 5.32 Å². The minimum absolute atomic E-state index is 0.168. The number of anilines is 1. The summed E-state index contributed by atoms with van der Waals surface area (Å²) in [6, 6.07) is 13.7. The van der Waals surface area contributed by atoms with Crippen molar-refractivity contribution in [3.05, 3.63) is 54.1 Å². The molecule has 0 atom stereocenters. The highest BCUT2D eigenvalue weighted by Crippen LogP contribution is 2.28. The van der Waals surface area contributed by atoms with Crippen LogP contribution in [0.5, 0.6) is 5.75 Å². The number of nitrogens with zero attached hydrogens (tertiary/aromatic N) is 1. The highest BCUT2D eigenvalue weighted by molar-refractivity contribution is 7.89. The second kappa shape index (κ2) is 10.1. The molecule has 1 N–H and O–H groups in total. The van der Waals surface area contributed by atoms with E-state index >= 15 is 0 Å². The third-order valence-electron chi connectivity index (χ3n) is 5.36. The van der Waals surface area contributed by atoms with Gasteiger partial charge in [0.1, 0.15) is 5.75 Å². The Morgan fingerprint density at radius 3 is 2.27 bits per heavy atom. The molecule has 0 radical (unpaired) electrons. The lowest BCUT2D eigenvalue weighted by atomic mass is 9.95. The Bertz CT molecular complexity index is 934. The van der Waals surface area contributed by atoms with Gasteiger partial charge >= 0.3 is 0 Å². The average Bonchev–Trinajstić information content (AvgIpc) is 2.75. The van der Waals surface area contributed by atoms with E-state index in [0.29, 0.717) is 18.0 Å². The minimum atomic E-state index is -3.81. The molecule has 1 saturated carbocycles. The van der Waals surface area contributed by atoms with E-state index < -0.39 is 10.0 Å². The molecule has 0 unspecified atom stereocenters. The van der Waals surface area contributed by atoms with Gasteiger partial charge in [-0.1, -0.05) is 37.0 Å². The fourth-order valence-corrected chi connectivity index (χ4v) is 5.41. The Balaban J connectivity index is 1.81. The molecule has 0 bridgehead atoms. The third kappa shape index (κ3) is 5.61. The number of rotatable bonds is 8. The molecule has 30 heavy (non-hydrogen) atoms. The van der Waals surface area contributed by atoms with Crippen LogP contribution in [0.3, 0.4) is 0 Å². The quantitative estimate of drug-likeness (QED) is 0.675. The van der Waals surface area contributed by atoms with E-state index in [-0.39, 0.29) is 23.4 Å². The first-order valence-corrected chi connectivity index (χ1v) is 12.0. The first kappa shape index (κ1) is 22.3. The summed E-state index contributed by atoms with van der Waals surface area (Å²) in [4.78, 5) is 12.9. The summed E-state index contributed by atoms with van der Waals surface area (Å²) in [5, 5.41) is 2.82. The van der Waals surface area contributed by atoms with Crippen LogP contribution in [0.1, 0.15) is 44.6 Å². The highest BCUT2D eigenvalue weighted by Gasteiger charge is 2.34. The van der Waals surface area contributed by atoms with E-state index in [1.165, 1.54) is 4.31 Å². The molecule has 0 saturated heterocycles. The zero-order chi connectivity index (χ0) is 21.6. The molecule has 162 valence electrons. The van der Waals surface area contributed by atoms with E-state index in [4.69, 9.17) is 4.74 Å². The van der Waals surface area contributed by atoms with Crippen LogP contribution in [-0.2, 0) is 14.8 Å². The van der Waals surface area contributed by atoms with Crippen molar-refractivity contribution in [2.75, 3.05) is 18.5 Å². The van der Waals surface area contributed by atoms with Crippen LogP contribution in [0.2, 0.25) is 0 Å². The Kier molecular flexibility index (Phi) is 7.50. The second-order valence-corrected chi connectivity index (χ2v) is 9.55. The fourth-order valence-electron chi connectivity index (χ4n) is 3.77. The molecule has 1 aliphatic rings. The van der Waals surface area contributed by atoms with Crippen molar-refractivity contribution in [2.45, 2.75) is 56.9 Å². The lowest BCUT2D eigenvalue weighted by molar-refractivity contribution is -0.116. The van der Waals surface area contributed by atoms with Crippen LogP contribution in [0.4, 0.5) is 5.69 Å². The molecule has 6 nitrogen and oxygen atoms in total. The number of amides is 1.